The Labute approximate surface area is 215 Å². The van der Waals surface area contributed by atoms with Crippen molar-refractivity contribution in [3.63, 3.8) is 0 Å². The Kier molecular flexibility index (Phi) is 9.03. The molecule has 0 aliphatic carbocycles. The molecule has 0 amide bonds. The number of hydrogen-bond donors (Lipinski definition) is 3. The number of benzene rings is 3. The van der Waals surface area contributed by atoms with E-state index in [-0.39, 0.29) is 25.7 Å². The zero-order valence-electron chi connectivity index (χ0n) is 21.6. The van der Waals surface area contributed by atoms with E-state index in [9.17, 15) is 15.3 Å². The molecule has 5 nitrogen and oxygen atoms in total. The van der Waals surface area contributed by atoms with Gasteiger partial charge in [0, 0.05) is 43.5 Å². The average Bonchev–Trinajstić information content (AvgIpc) is 3.31. The predicted molar refractivity (Wildman–Crippen MR) is 148 cm³/mol. The molecule has 2 unspecified atom stereocenters. The molecular formula is C31H40N2O3. The number of aliphatic hydroxyl groups excluding tert-OH is 3. The number of aliphatic hydroxyl groups is 3. The fourth-order valence-corrected chi connectivity index (χ4v) is 5.34. The number of nitrogens with zero attached hydrogens (tertiary/aromatic N) is 2. The van der Waals surface area contributed by atoms with Crippen LogP contribution in [0.1, 0.15) is 59.9 Å². The van der Waals surface area contributed by atoms with Crippen LogP contribution in [-0.2, 0) is 6.42 Å². The molecular weight excluding hydrogens is 448 g/mol. The Balaban J connectivity index is 1.71. The highest BCUT2D eigenvalue weighted by atomic mass is 16.3. The van der Waals surface area contributed by atoms with Crippen molar-refractivity contribution in [3.8, 4) is 0 Å². The lowest BCUT2D eigenvalue weighted by Gasteiger charge is -2.25. The SMILES string of the molecule is CCC(C)c1ccc(C(c2ccc(N(CCO)CCO)cc2)c2ccc3c(c2)CCN3CCO)cc1. The van der Waals surface area contributed by atoms with Crippen molar-refractivity contribution < 1.29 is 15.3 Å². The van der Waals surface area contributed by atoms with Crippen molar-refractivity contribution in [2.24, 2.45) is 0 Å². The fourth-order valence-electron chi connectivity index (χ4n) is 5.34. The molecule has 3 aromatic rings. The largest absolute Gasteiger partial charge is 0.395 e. The van der Waals surface area contributed by atoms with Crippen LogP contribution in [-0.4, -0.2) is 61.3 Å². The fraction of sp³-hybridized carbons (Fsp3) is 0.419. The third kappa shape index (κ3) is 5.75. The van der Waals surface area contributed by atoms with Crippen LogP contribution in [0.25, 0.3) is 0 Å². The first-order valence-electron chi connectivity index (χ1n) is 13.2. The van der Waals surface area contributed by atoms with Crippen LogP contribution in [0, 0.1) is 0 Å². The van der Waals surface area contributed by atoms with Crippen LogP contribution in [0.15, 0.2) is 66.7 Å². The maximum atomic E-state index is 9.43. The molecule has 0 bridgehead atoms. The number of β-amino-alcohol motifs (C(OH)–C–C–N with tert-alkyl or cyclic N) is 1. The maximum absolute atomic E-state index is 9.43. The summed E-state index contributed by atoms with van der Waals surface area (Å²) in [6.07, 6.45) is 2.12. The van der Waals surface area contributed by atoms with Crippen molar-refractivity contribution in [2.75, 3.05) is 55.8 Å². The van der Waals surface area contributed by atoms with Gasteiger partial charge in [0.25, 0.3) is 0 Å². The van der Waals surface area contributed by atoms with E-state index >= 15 is 0 Å². The van der Waals surface area contributed by atoms with Gasteiger partial charge in [0.05, 0.1) is 19.8 Å². The molecule has 0 aromatic heterocycles. The topological polar surface area (TPSA) is 67.2 Å². The van der Waals surface area contributed by atoms with E-state index in [0.717, 1.165) is 25.1 Å². The quantitative estimate of drug-likeness (QED) is 0.327. The number of hydrogen-bond acceptors (Lipinski definition) is 5. The summed E-state index contributed by atoms with van der Waals surface area (Å²) in [4.78, 5) is 4.27. The van der Waals surface area contributed by atoms with Gasteiger partial charge in [-0.2, -0.15) is 0 Å². The molecule has 1 aliphatic heterocycles. The standard InChI is InChI=1S/C31H40N2O3/c1-3-23(2)24-4-6-25(7-5-24)31(26-8-11-29(12-9-26)32(16-19-34)17-20-35)28-10-13-30-27(22-28)14-15-33(30)18-21-36/h4-13,22-23,31,34-36H,3,14-21H2,1-2H3. The molecule has 5 heteroatoms. The minimum Gasteiger partial charge on any atom is -0.395 e. The summed E-state index contributed by atoms with van der Waals surface area (Å²) >= 11 is 0. The lowest BCUT2D eigenvalue weighted by molar-refractivity contribution is 0.281. The molecule has 3 N–H and O–H groups in total. The lowest BCUT2D eigenvalue weighted by Crippen LogP contribution is -2.29. The first-order valence-corrected chi connectivity index (χ1v) is 13.2. The Bertz CT molecular complexity index is 1090. The summed E-state index contributed by atoms with van der Waals surface area (Å²) in [6.45, 7) is 7.39. The number of anilines is 2. The summed E-state index contributed by atoms with van der Waals surface area (Å²) in [5, 5.41) is 28.3. The summed E-state index contributed by atoms with van der Waals surface area (Å²) in [5.74, 6) is 0.643. The lowest BCUT2D eigenvalue weighted by atomic mass is 9.83. The number of fused-ring (bicyclic) bond motifs is 1. The van der Waals surface area contributed by atoms with Crippen molar-refractivity contribution >= 4 is 11.4 Å². The van der Waals surface area contributed by atoms with Crippen LogP contribution in [0.2, 0.25) is 0 Å². The zero-order chi connectivity index (χ0) is 25.5. The van der Waals surface area contributed by atoms with Crippen molar-refractivity contribution in [1.29, 1.82) is 0 Å². The van der Waals surface area contributed by atoms with Crippen LogP contribution in [0.5, 0.6) is 0 Å². The molecule has 0 saturated heterocycles. The normalized spacial score (nSPS) is 14.5. The smallest absolute Gasteiger partial charge is 0.0606 e. The van der Waals surface area contributed by atoms with Gasteiger partial charge in [0.2, 0.25) is 0 Å². The Morgan fingerprint density at radius 3 is 1.94 bits per heavy atom. The third-order valence-electron chi connectivity index (χ3n) is 7.58. The highest BCUT2D eigenvalue weighted by Crippen LogP contribution is 2.37. The van der Waals surface area contributed by atoms with Gasteiger partial charge >= 0.3 is 0 Å². The zero-order valence-corrected chi connectivity index (χ0v) is 21.6. The van der Waals surface area contributed by atoms with Gasteiger partial charge in [-0.05, 0) is 64.8 Å². The molecule has 192 valence electrons. The van der Waals surface area contributed by atoms with Gasteiger partial charge in [-0.15, -0.1) is 0 Å². The minimum absolute atomic E-state index is 0.0509. The predicted octanol–water partition coefficient (Wildman–Crippen LogP) is 4.53. The second-order valence-electron chi connectivity index (χ2n) is 9.78. The van der Waals surface area contributed by atoms with Crippen LogP contribution < -0.4 is 9.80 Å². The molecule has 0 radical (unpaired) electrons. The Hall–Kier alpha value is -2.86. The van der Waals surface area contributed by atoms with E-state index in [1.54, 1.807) is 0 Å². The van der Waals surface area contributed by atoms with Crippen LogP contribution in [0.3, 0.4) is 0 Å². The van der Waals surface area contributed by atoms with Crippen molar-refractivity contribution in [1.82, 2.24) is 0 Å². The van der Waals surface area contributed by atoms with Gasteiger partial charge in [-0.3, -0.25) is 0 Å². The molecule has 0 saturated carbocycles. The van der Waals surface area contributed by atoms with Gasteiger partial charge in [0.1, 0.15) is 0 Å². The second kappa shape index (κ2) is 12.4. The summed E-state index contributed by atoms with van der Waals surface area (Å²) in [6, 6.07) is 24.4. The first kappa shape index (κ1) is 26.2. The molecule has 1 aliphatic rings. The number of rotatable bonds is 12. The van der Waals surface area contributed by atoms with E-state index in [2.05, 4.69) is 85.5 Å². The average molecular weight is 489 g/mol. The Morgan fingerprint density at radius 2 is 1.36 bits per heavy atom. The summed E-state index contributed by atoms with van der Waals surface area (Å²) in [5.41, 5.74) is 8.70. The maximum Gasteiger partial charge on any atom is 0.0606 e. The Morgan fingerprint density at radius 1 is 0.778 bits per heavy atom. The molecule has 36 heavy (non-hydrogen) atoms. The van der Waals surface area contributed by atoms with E-state index in [4.69, 9.17) is 0 Å². The molecule has 3 aromatic carbocycles. The molecule has 0 fully saturated rings. The van der Waals surface area contributed by atoms with Crippen LogP contribution in [0.4, 0.5) is 11.4 Å². The summed E-state index contributed by atoms with van der Waals surface area (Å²) in [7, 11) is 0. The highest BCUT2D eigenvalue weighted by Gasteiger charge is 2.23. The van der Waals surface area contributed by atoms with Gasteiger partial charge in [0.15, 0.2) is 0 Å². The molecule has 2 atom stereocenters. The molecule has 0 spiro atoms. The highest BCUT2D eigenvalue weighted by molar-refractivity contribution is 5.61. The molecule has 4 rings (SSSR count). The van der Waals surface area contributed by atoms with Crippen LogP contribution >= 0.6 is 0 Å². The monoisotopic (exact) mass is 488 g/mol. The third-order valence-corrected chi connectivity index (χ3v) is 7.58. The molecule has 1 heterocycles. The van der Waals surface area contributed by atoms with E-state index in [0.29, 0.717) is 25.6 Å². The van der Waals surface area contributed by atoms with E-state index in [1.807, 2.05) is 4.90 Å². The van der Waals surface area contributed by atoms with E-state index in [1.165, 1.54) is 33.5 Å². The van der Waals surface area contributed by atoms with Gasteiger partial charge in [-0.1, -0.05) is 62.4 Å². The van der Waals surface area contributed by atoms with Gasteiger partial charge in [-0.25, -0.2) is 0 Å². The van der Waals surface area contributed by atoms with Crippen molar-refractivity contribution in [2.45, 2.75) is 38.5 Å². The summed E-state index contributed by atoms with van der Waals surface area (Å²) < 4.78 is 0. The minimum atomic E-state index is 0.0509. The first-order chi connectivity index (χ1) is 17.6. The second-order valence-corrected chi connectivity index (χ2v) is 9.78. The van der Waals surface area contributed by atoms with Crippen molar-refractivity contribution in [3.05, 3.63) is 94.5 Å². The van der Waals surface area contributed by atoms with Gasteiger partial charge < -0.3 is 25.1 Å². The van der Waals surface area contributed by atoms with E-state index < -0.39 is 0 Å².